The Morgan fingerprint density at radius 2 is 2.00 bits per heavy atom. The van der Waals surface area contributed by atoms with Crippen molar-refractivity contribution in [1.82, 2.24) is 5.32 Å². The van der Waals surface area contributed by atoms with Crippen LogP contribution in [0.5, 0.6) is 5.75 Å². The largest absolute Gasteiger partial charge is 0.481 e. The van der Waals surface area contributed by atoms with E-state index in [1.165, 1.54) is 12.1 Å². The normalized spacial score (nSPS) is 11.8. The quantitative estimate of drug-likeness (QED) is 0.629. The molecule has 1 amide bonds. The van der Waals surface area contributed by atoms with E-state index in [1.54, 1.807) is 6.07 Å². The molecule has 134 valence electrons. The average molecular weight is 410 g/mol. The van der Waals surface area contributed by atoms with Gasteiger partial charge in [0.05, 0.1) is 6.10 Å². The smallest absolute Gasteiger partial charge is 0.257 e. The van der Waals surface area contributed by atoms with Gasteiger partial charge in [0, 0.05) is 17.6 Å². The standard InChI is InChI=1S/C19H21BrFNO3/c1-14(15-6-3-2-4-7-15)24-11-5-10-22-19(23)13-25-18-9-8-16(20)12-17(18)21/h2-4,6-9,12,14H,5,10-11,13H2,1H3,(H,22,23). The molecule has 2 aromatic rings. The molecule has 1 N–H and O–H groups in total. The highest BCUT2D eigenvalue weighted by atomic mass is 79.9. The third kappa shape index (κ3) is 6.84. The zero-order chi connectivity index (χ0) is 18.1. The minimum absolute atomic E-state index is 0.0145. The minimum atomic E-state index is -0.509. The lowest BCUT2D eigenvalue weighted by Crippen LogP contribution is -2.30. The second-order valence-electron chi connectivity index (χ2n) is 5.49. The van der Waals surface area contributed by atoms with Crippen LogP contribution in [-0.2, 0) is 9.53 Å². The summed E-state index contributed by atoms with van der Waals surface area (Å²) in [6.45, 7) is 2.79. The van der Waals surface area contributed by atoms with E-state index in [2.05, 4.69) is 21.2 Å². The van der Waals surface area contributed by atoms with E-state index in [-0.39, 0.29) is 24.4 Å². The average Bonchev–Trinajstić information content (AvgIpc) is 2.61. The molecule has 1 atom stereocenters. The van der Waals surface area contributed by atoms with Crippen molar-refractivity contribution < 1.29 is 18.7 Å². The van der Waals surface area contributed by atoms with E-state index in [4.69, 9.17) is 9.47 Å². The molecule has 6 heteroatoms. The molecule has 0 heterocycles. The van der Waals surface area contributed by atoms with Crippen molar-refractivity contribution in [2.24, 2.45) is 0 Å². The number of ether oxygens (including phenoxy) is 2. The number of rotatable bonds is 9. The molecule has 0 aliphatic rings. The van der Waals surface area contributed by atoms with Gasteiger partial charge in [0.25, 0.3) is 5.91 Å². The third-order valence-corrected chi connectivity index (χ3v) is 4.03. The minimum Gasteiger partial charge on any atom is -0.481 e. The van der Waals surface area contributed by atoms with Gasteiger partial charge in [-0.3, -0.25) is 4.79 Å². The van der Waals surface area contributed by atoms with Gasteiger partial charge < -0.3 is 14.8 Å². The number of halogens is 2. The summed E-state index contributed by atoms with van der Waals surface area (Å²) in [5, 5.41) is 2.72. The summed E-state index contributed by atoms with van der Waals surface area (Å²) in [4.78, 5) is 11.7. The summed E-state index contributed by atoms with van der Waals surface area (Å²) < 4.78 is 25.1. The predicted octanol–water partition coefficient (Wildman–Crippen LogP) is 4.25. The Hall–Kier alpha value is -1.92. The van der Waals surface area contributed by atoms with Crippen molar-refractivity contribution in [2.45, 2.75) is 19.4 Å². The van der Waals surface area contributed by atoms with Gasteiger partial charge in [0.2, 0.25) is 0 Å². The van der Waals surface area contributed by atoms with E-state index in [0.717, 1.165) is 5.56 Å². The molecule has 0 spiro atoms. The third-order valence-electron chi connectivity index (χ3n) is 3.53. The summed E-state index contributed by atoms with van der Waals surface area (Å²) in [6, 6.07) is 14.4. The SMILES string of the molecule is CC(OCCCNC(=O)COc1ccc(Br)cc1F)c1ccccc1. The number of nitrogens with one attached hydrogen (secondary N) is 1. The summed E-state index contributed by atoms with van der Waals surface area (Å²) in [5.41, 5.74) is 1.12. The molecule has 0 aliphatic heterocycles. The summed E-state index contributed by atoms with van der Waals surface area (Å²) >= 11 is 3.16. The topological polar surface area (TPSA) is 47.6 Å². The van der Waals surface area contributed by atoms with Crippen LogP contribution in [0.15, 0.2) is 53.0 Å². The van der Waals surface area contributed by atoms with Crippen molar-refractivity contribution in [2.75, 3.05) is 19.8 Å². The van der Waals surface area contributed by atoms with E-state index >= 15 is 0 Å². The maximum atomic E-state index is 13.6. The Labute approximate surface area is 155 Å². The lowest BCUT2D eigenvalue weighted by atomic mass is 10.1. The number of amides is 1. The highest BCUT2D eigenvalue weighted by Crippen LogP contribution is 2.21. The van der Waals surface area contributed by atoms with Gasteiger partial charge in [-0.25, -0.2) is 4.39 Å². The van der Waals surface area contributed by atoms with Gasteiger partial charge in [0.1, 0.15) is 0 Å². The molecule has 25 heavy (non-hydrogen) atoms. The monoisotopic (exact) mass is 409 g/mol. The molecule has 1 unspecified atom stereocenters. The highest BCUT2D eigenvalue weighted by molar-refractivity contribution is 9.10. The van der Waals surface area contributed by atoms with E-state index in [1.807, 2.05) is 37.3 Å². The van der Waals surface area contributed by atoms with Crippen LogP contribution in [0.3, 0.4) is 0 Å². The Morgan fingerprint density at radius 3 is 2.72 bits per heavy atom. The van der Waals surface area contributed by atoms with Gasteiger partial charge in [-0.2, -0.15) is 0 Å². The Kier molecular flexibility index (Phi) is 7.88. The van der Waals surface area contributed by atoms with Gasteiger partial charge >= 0.3 is 0 Å². The van der Waals surface area contributed by atoms with Crippen LogP contribution in [0, 0.1) is 5.82 Å². The molecule has 2 aromatic carbocycles. The number of carbonyl (C=O) groups is 1. The van der Waals surface area contributed by atoms with Crippen LogP contribution < -0.4 is 10.1 Å². The Bertz CT molecular complexity index is 682. The highest BCUT2D eigenvalue weighted by Gasteiger charge is 2.08. The molecule has 0 bridgehead atoms. The second kappa shape index (κ2) is 10.2. The second-order valence-corrected chi connectivity index (χ2v) is 6.41. The first-order valence-electron chi connectivity index (χ1n) is 8.07. The molecule has 0 aromatic heterocycles. The lowest BCUT2D eigenvalue weighted by molar-refractivity contribution is -0.123. The van der Waals surface area contributed by atoms with Crippen molar-refractivity contribution in [3.63, 3.8) is 0 Å². The van der Waals surface area contributed by atoms with Crippen LogP contribution >= 0.6 is 15.9 Å². The summed E-state index contributed by atoms with van der Waals surface area (Å²) in [6.07, 6.45) is 0.704. The van der Waals surface area contributed by atoms with Crippen molar-refractivity contribution >= 4 is 21.8 Å². The predicted molar refractivity (Wildman–Crippen MR) is 98.0 cm³/mol. The molecule has 0 fully saturated rings. The molecule has 4 nitrogen and oxygen atoms in total. The van der Waals surface area contributed by atoms with Crippen LogP contribution in [0.2, 0.25) is 0 Å². The maximum absolute atomic E-state index is 13.6. The van der Waals surface area contributed by atoms with Gasteiger partial charge in [-0.1, -0.05) is 46.3 Å². The number of hydrogen-bond donors (Lipinski definition) is 1. The molecule has 0 saturated heterocycles. The molecule has 0 aliphatic carbocycles. The zero-order valence-corrected chi connectivity index (χ0v) is 15.6. The Balaban J connectivity index is 1.59. The first kappa shape index (κ1) is 19.4. The van der Waals surface area contributed by atoms with E-state index in [9.17, 15) is 9.18 Å². The lowest BCUT2D eigenvalue weighted by Gasteiger charge is -2.13. The number of carbonyl (C=O) groups excluding carboxylic acids is 1. The maximum Gasteiger partial charge on any atom is 0.257 e. The van der Waals surface area contributed by atoms with E-state index < -0.39 is 5.82 Å². The van der Waals surface area contributed by atoms with Crippen LogP contribution in [0.4, 0.5) is 4.39 Å². The first-order valence-corrected chi connectivity index (χ1v) is 8.86. The van der Waals surface area contributed by atoms with E-state index in [0.29, 0.717) is 24.0 Å². The molecule has 2 rings (SSSR count). The molecular weight excluding hydrogens is 389 g/mol. The summed E-state index contributed by atoms with van der Waals surface area (Å²) in [5.74, 6) is -0.748. The van der Waals surface area contributed by atoms with Crippen molar-refractivity contribution in [1.29, 1.82) is 0 Å². The number of benzene rings is 2. The molecule has 0 saturated carbocycles. The molecular formula is C19H21BrFNO3. The fraction of sp³-hybridized carbons (Fsp3) is 0.316. The van der Waals surface area contributed by atoms with Gasteiger partial charge in [-0.15, -0.1) is 0 Å². The van der Waals surface area contributed by atoms with Crippen molar-refractivity contribution in [3.05, 3.63) is 64.4 Å². The van der Waals surface area contributed by atoms with Crippen LogP contribution in [-0.4, -0.2) is 25.7 Å². The van der Waals surface area contributed by atoms with Crippen molar-refractivity contribution in [3.8, 4) is 5.75 Å². The fourth-order valence-corrected chi connectivity index (χ4v) is 2.50. The fourth-order valence-electron chi connectivity index (χ4n) is 2.17. The number of hydrogen-bond acceptors (Lipinski definition) is 3. The first-order chi connectivity index (χ1) is 12.1. The van der Waals surface area contributed by atoms with Crippen LogP contribution in [0.1, 0.15) is 25.0 Å². The Morgan fingerprint density at radius 1 is 1.24 bits per heavy atom. The van der Waals surface area contributed by atoms with Gasteiger partial charge in [0.15, 0.2) is 18.2 Å². The summed E-state index contributed by atoms with van der Waals surface area (Å²) in [7, 11) is 0. The molecule has 0 radical (unpaired) electrons. The van der Waals surface area contributed by atoms with Crippen LogP contribution in [0.25, 0.3) is 0 Å². The van der Waals surface area contributed by atoms with Gasteiger partial charge in [-0.05, 0) is 37.1 Å². The zero-order valence-electron chi connectivity index (χ0n) is 14.0.